The number of aliphatic hydroxyl groups is 1. The summed E-state index contributed by atoms with van der Waals surface area (Å²) in [5, 5.41) is 43.7. The number of ether oxygens (including phenoxy) is 4. The fraction of sp³-hybridized carbons (Fsp3) is 0.486. The van der Waals surface area contributed by atoms with Crippen LogP contribution in [0.5, 0.6) is 40.2 Å². The van der Waals surface area contributed by atoms with Crippen LogP contribution in [0.2, 0.25) is 0 Å². The van der Waals surface area contributed by atoms with Crippen LogP contribution in [-0.2, 0) is 12.8 Å². The van der Waals surface area contributed by atoms with E-state index in [0.29, 0.717) is 36.4 Å². The Morgan fingerprint density at radius 3 is 2.26 bits per heavy atom. The average Bonchev–Trinajstić information content (AvgIpc) is 2.96. The first kappa shape index (κ1) is 30.7. The van der Waals surface area contributed by atoms with Crippen molar-refractivity contribution in [3.05, 3.63) is 52.6 Å². The molecule has 4 N–H and O–H groups in total. The van der Waals surface area contributed by atoms with E-state index in [4.69, 9.17) is 18.9 Å². The minimum atomic E-state index is -0.996. The second-order valence-electron chi connectivity index (χ2n) is 12.6. The molecular formula is C35H44O8. The van der Waals surface area contributed by atoms with Gasteiger partial charge in [-0.05, 0) is 71.9 Å². The smallest absolute Gasteiger partial charge is 0.207 e. The summed E-state index contributed by atoms with van der Waals surface area (Å²) in [6.45, 7) is 8.96. The molecule has 3 aromatic rings. The Labute approximate surface area is 253 Å². The molecule has 0 spiro atoms. The monoisotopic (exact) mass is 592 g/mol. The van der Waals surface area contributed by atoms with Gasteiger partial charge in [0.25, 0.3) is 0 Å². The molecule has 1 aliphatic carbocycles. The second kappa shape index (κ2) is 12.4. The number of aromatic hydroxyl groups is 3. The van der Waals surface area contributed by atoms with Gasteiger partial charge >= 0.3 is 0 Å². The fourth-order valence-electron chi connectivity index (χ4n) is 6.36. The van der Waals surface area contributed by atoms with Crippen molar-refractivity contribution in [3.63, 3.8) is 0 Å². The predicted molar refractivity (Wildman–Crippen MR) is 165 cm³/mol. The van der Waals surface area contributed by atoms with E-state index in [9.17, 15) is 20.4 Å². The standard InChI is InChI=1S/C35H44O8/c1-18(2)7-8-20-13-25-24-15-27(37)34(26-16-30(42-12-11-19(3)4)33(39)35(41-6)32(26)38)43-28(24)17-29(40-5)31(25)22-10-9-21(36)14-23(20)22/h9-10,14,16-20,27,34,36-39H,7-8,11-13,15H2,1-6H3/t20-,27+,34-/m0/s1. The SMILES string of the molecule is COc1cc2c(c3c1-c1ccc(O)cc1[C@@H](CCC(C)C)C3)C[C@@H](O)[C@H](c1cc(OCCC(C)C)c(O)c(OC)c1O)O2. The maximum Gasteiger partial charge on any atom is 0.207 e. The van der Waals surface area contributed by atoms with Gasteiger partial charge in [-0.2, -0.15) is 0 Å². The number of rotatable bonds is 10. The molecule has 8 heteroatoms. The quantitative estimate of drug-likeness (QED) is 0.198. The van der Waals surface area contributed by atoms with Crippen LogP contribution < -0.4 is 18.9 Å². The zero-order valence-electron chi connectivity index (χ0n) is 25.9. The van der Waals surface area contributed by atoms with E-state index in [0.717, 1.165) is 53.5 Å². The van der Waals surface area contributed by atoms with E-state index in [1.54, 1.807) is 13.2 Å². The highest BCUT2D eigenvalue weighted by atomic mass is 16.5. The lowest BCUT2D eigenvalue weighted by atomic mass is 9.73. The number of hydrogen-bond acceptors (Lipinski definition) is 8. The van der Waals surface area contributed by atoms with E-state index >= 15 is 0 Å². The van der Waals surface area contributed by atoms with Crippen LogP contribution >= 0.6 is 0 Å². The second-order valence-corrected chi connectivity index (χ2v) is 12.6. The van der Waals surface area contributed by atoms with E-state index < -0.39 is 12.2 Å². The molecule has 0 radical (unpaired) electrons. The molecule has 8 nitrogen and oxygen atoms in total. The van der Waals surface area contributed by atoms with Gasteiger partial charge in [0.15, 0.2) is 17.6 Å². The number of fused-ring (bicyclic) bond motifs is 5. The van der Waals surface area contributed by atoms with Crippen molar-refractivity contribution in [1.82, 2.24) is 0 Å². The molecule has 232 valence electrons. The summed E-state index contributed by atoms with van der Waals surface area (Å²) in [6.07, 6.45) is 1.87. The van der Waals surface area contributed by atoms with Gasteiger partial charge in [-0.15, -0.1) is 0 Å². The molecule has 5 rings (SSSR count). The van der Waals surface area contributed by atoms with E-state index in [-0.39, 0.29) is 40.2 Å². The Kier molecular flexibility index (Phi) is 8.88. The lowest BCUT2D eigenvalue weighted by Gasteiger charge is -2.37. The molecule has 0 saturated carbocycles. The lowest BCUT2D eigenvalue weighted by molar-refractivity contribution is 0.0186. The van der Waals surface area contributed by atoms with Crippen molar-refractivity contribution >= 4 is 0 Å². The highest BCUT2D eigenvalue weighted by molar-refractivity contribution is 5.82. The number of phenols is 3. The molecule has 0 amide bonds. The molecule has 0 aromatic heterocycles. The Balaban J connectivity index is 1.58. The van der Waals surface area contributed by atoms with Crippen LogP contribution in [0.3, 0.4) is 0 Å². The van der Waals surface area contributed by atoms with Gasteiger partial charge in [-0.3, -0.25) is 0 Å². The predicted octanol–water partition coefficient (Wildman–Crippen LogP) is 7.03. The average molecular weight is 593 g/mol. The fourth-order valence-corrected chi connectivity index (χ4v) is 6.36. The van der Waals surface area contributed by atoms with Crippen LogP contribution in [0.25, 0.3) is 11.1 Å². The van der Waals surface area contributed by atoms with Gasteiger partial charge in [0, 0.05) is 29.2 Å². The minimum Gasteiger partial charge on any atom is -0.508 e. The summed E-state index contributed by atoms with van der Waals surface area (Å²) in [7, 11) is 2.98. The van der Waals surface area contributed by atoms with Gasteiger partial charge in [-0.25, -0.2) is 0 Å². The first-order chi connectivity index (χ1) is 20.5. The van der Waals surface area contributed by atoms with Crippen molar-refractivity contribution in [2.24, 2.45) is 11.8 Å². The third-order valence-corrected chi connectivity index (χ3v) is 8.68. The number of methoxy groups -OCH3 is 2. The van der Waals surface area contributed by atoms with Crippen molar-refractivity contribution in [3.8, 4) is 51.4 Å². The number of hydrogen-bond donors (Lipinski definition) is 4. The Hall–Kier alpha value is -3.78. The maximum atomic E-state index is 11.5. The zero-order chi connectivity index (χ0) is 31.0. The lowest BCUT2D eigenvalue weighted by Crippen LogP contribution is -2.32. The summed E-state index contributed by atoms with van der Waals surface area (Å²) >= 11 is 0. The third-order valence-electron chi connectivity index (χ3n) is 8.68. The van der Waals surface area contributed by atoms with Gasteiger partial charge in [0.05, 0.1) is 26.9 Å². The van der Waals surface area contributed by atoms with Crippen LogP contribution in [-0.4, -0.2) is 47.4 Å². The first-order valence-electron chi connectivity index (χ1n) is 15.2. The molecule has 1 aliphatic heterocycles. The number of benzene rings is 3. The normalized spacial score (nSPS) is 19.0. The highest BCUT2D eigenvalue weighted by Gasteiger charge is 2.39. The summed E-state index contributed by atoms with van der Waals surface area (Å²) in [5.74, 6) is 2.02. The molecule has 0 saturated heterocycles. The van der Waals surface area contributed by atoms with Gasteiger partial charge in [0.1, 0.15) is 17.2 Å². The van der Waals surface area contributed by atoms with E-state index in [2.05, 4.69) is 27.7 Å². The summed E-state index contributed by atoms with van der Waals surface area (Å²) in [5.41, 5.74) is 5.33. The van der Waals surface area contributed by atoms with Gasteiger partial charge in [-0.1, -0.05) is 40.2 Å². The summed E-state index contributed by atoms with van der Waals surface area (Å²) in [4.78, 5) is 0. The third kappa shape index (κ3) is 5.90. The summed E-state index contributed by atoms with van der Waals surface area (Å²) < 4.78 is 23.6. The highest BCUT2D eigenvalue weighted by Crippen LogP contribution is 2.54. The van der Waals surface area contributed by atoms with Crippen molar-refractivity contribution < 1.29 is 39.4 Å². The molecule has 1 heterocycles. The number of aliphatic hydroxyl groups excluding tert-OH is 1. The maximum absolute atomic E-state index is 11.5. The van der Waals surface area contributed by atoms with E-state index in [1.807, 2.05) is 18.2 Å². The molecule has 3 aromatic carbocycles. The minimum absolute atomic E-state index is 0.130. The first-order valence-corrected chi connectivity index (χ1v) is 15.2. The van der Waals surface area contributed by atoms with Crippen molar-refractivity contribution in [2.45, 2.75) is 77.9 Å². The Morgan fingerprint density at radius 2 is 1.58 bits per heavy atom. The summed E-state index contributed by atoms with van der Waals surface area (Å²) in [6, 6.07) is 8.88. The van der Waals surface area contributed by atoms with Crippen LogP contribution in [0, 0.1) is 11.8 Å². The molecule has 2 aliphatic rings. The van der Waals surface area contributed by atoms with Crippen LogP contribution in [0.15, 0.2) is 30.3 Å². The molecular weight excluding hydrogens is 548 g/mol. The van der Waals surface area contributed by atoms with E-state index in [1.165, 1.54) is 13.2 Å². The number of phenolic OH excluding ortho intramolecular Hbond substituents is 3. The van der Waals surface area contributed by atoms with Gasteiger partial charge < -0.3 is 39.4 Å². The van der Waals surface area contributed by atoms with Crippen LogP contribution in [0.1, 0.15) is 81.2 Å². The molecule has 0 fully saturated rings. The molecule has 0 bridgehead atoms. The molecule has 0 unspecified atom stereocenters. The largest absolute Gasteiger partial charge is 0.508 e. The van der Waals surface area contributed by atoms with Crippen molar-refractivity contribution in [1.29, 1.82) is 0 Å². The van der Waals surface area contributed by atoms with Crippen LogP contribution in [0.4, 0.5) is 0 Å². The Morgan fingerprint density at radius 1 is 0.837 bits per heavy atom. The molecule has 43 heavy (non-hydrogen) atoms. The zero-order valence-corrected chi connectivity index (χ0v) is 25.9. The Bertz CT molecular complexity index is 1480. The molecule has 3 atom stereocenters. The topological polar surface area (TPSA) is 118 Å². The van der Waals surface area contributed by atoms with Crippen molar-refractivity contribution in [2.75, 3.05) is 20.8 Å². The van der Waals surface area contributed by atoms with Gasteiger partial charge in [0.2, 0.25) is 11.5 Å².